The lowest BCUT2D eigenvalue weighted by atomic mass is 9.93. The molecule has 2 atom stereocenters. The van der Waals surface area contributed by atoms with Crippen LogP contribution in [0.15, 0.2) is 72.8 Å². The molecule has 2 heterocycles. The molecule has 15 heteroatoms. The molecule has 0 amide bonds. The van der Waals surface area contributed by atoms with Crippen molar-refractivity contribution in [1.29, 1.82) is 10.5 Å². The van der Waals surface area contributed by atoms with Gasteiger partial charge in [-0.25, -0.2) is 0 Å². The van der Waals surface area contributed by atoms with E-state index in [9.17, 15) is 36.9 Å². The average molecular weight is 998 g/mol. The number of nitrogens with zero attached hydrogens (tertiary/aromatic N) is 4. The van der Waals surface area contributed by atoms with Gasteiger partial charge >= 0.3 is 12.4 Å². The molecule has 0 spiro atoms. The molecule has 0 fully saturated rings. The predicted octanol–water partition coefficient (Wildman–Crippen LogP) is 14.0. The fourth-order valence-electron chi connectivity index (χ4n) is 8.33. The Balaban J connectivity index is 0.000000396. The third-order valence-electron chi connectivity index (χ3n) is 11.4. The van der Waals surface area contributed by atoms with Gasteiger partial charge in [0.25, 0.3) is 0 Å². The van der Waals surface area contributed by atoms with Crippen molar-refractivity contribution in [3.05, 3.63) is 106 Å². The maximum atomic E-state index is 12.5. The van der Waals surface area contributed by atoms with Crippen LogP contribution in [0.2, 0.25) is 0 Å². The summed E-state index contributed by atoms with van der Waals surface area (Å²) in [5.74, 6) is 1.27. The van der Waals surface area contributed by atoms with E-state index in [0.717, 1.165) is 101 Å². The molecular weight excluding hydrogens is 921 g/mol. The molecule has 6 rings (SSSR count). The van der Waals surface area contributed by atoms with Gasteiger partial charge in [-0.3, -0.25) is 0 Å². The minimum absolute atomic E-state index is 0. The number of rotatable bonds is 22. The first-order chi connectivity index (χ1) is 33.0. The lowest BCUT2D eigenvalue weighted by Crippen LogP contribution is -2.22. The Morgan fingerprint density at radius 2 is 1.00 bits per heavy atom. The minimum Gasteiger partial charge on any atom is -0.490 e. The molecule has 0 bridgehead atoms. The minimum atomic E-state index is -4.39. The highest BCUT2D eigenvalue weighted by Gasteiger charge is 2.30. The number of halogens is 6. The molecule has 2 aliphatic heterocycles. The summed E-state index contributed by atoms with van der Waals surface area (Å²) in [4.78, 5) is 4.71. The van der Waals surface area contributed by atoms with Crippen LogP contribution in [0.4, 0.5) is 37.7 Å². The number of ether oxygens (including phenoxy) is 4. The number of benzene rings is 4. The van der Waals surface area contributed by atoms with Gasteiger partial charge in [0.1, 0.15) is 12.1 Å². The number of nitrogens with two attached hydrogens (primary N) is 1. The molecule has 392 valence electrons. The van der Waals surface area contributed by atoms with E-state index < -0.39 is 25.6 Å². The molecule has 0 saturated heterocycles. The Morgan fingerprint density at radius 3 is 1.38 bits per heavy atom. The van der Waals surface area contributed by atoms with Crippen LogP contribution in [0.5, 0.6) is 23.0 Å². The van der Waals surface area contributed by atoms with Gasteiger partial charge in [0, 0.05) is 32.2 Å². The lowest BCUT2D eigenvalue weighted by molar-refractivity contribution is -0.154. The van der Waals surface area contributed by atoms with E-state index >= 15 is 0 Å². The van der Waals surface area contributed by atoms with E-state index in [1.54, 1.807) is 36.4 Å². The van der Waals surface area contributed by atoms with E-state index in [1.807, 2.05) is 26.0 Å². The van der Waals surface area contributed by atoms with Crippen LogP contribution in [-0.4, -0.2) is 71.0 Å². The van der Waals surface area contributed by atoms with Gasteiger partial charge in [0.2, 0.25) is 0 Å². The second kappa shape index (κ2) is 30.8. The summed E-state index contributed by atoms with van der Waals surface area (Å²) in [6.45, 7) is 12.8. The van der Waals surface area contributed by atoms with Gasteiger partial charge in [-0.2, -0.15) is 36.9 Å². The molecule has 71 heavy (non-hydrogen) atoms. The van der Waals surface area contributed by atoms with Crippen LogP contribution in [0.3, 0.4) is 0 Å². The topological polar surface area (TPSA) is 117 Å². The molecule has 9 nitrogen and oxygen atoms in total. The lowest BCUT2D eigenvalue weighted by Gasteiger charge is -2.21. The molecule has 4 aromatic carbocycles. The summed E-state index contributed by atoms with van der Waals surface area (Å²) >= 11 is 0. The van der Waals surface area contributed by atoms with E-state index in [0.29, 0.717) is 30.6 Å². The maximum Gasteiger partial charge on any atom is 0.422 e. The standard InChI is InChI=1S/C27H33F3N2O2.C16H23N3.C11H13F3O2.2CH4/c1-3-4-12-32-13-11-22-16-21(17-23(18-31)26(22)32)15-20(2)8-7-14-33-24-9-5-6-10-25(24)34-19-27(28,29)30;1-3-4-6-19-7-5-14-9-13(8-12(2)18)10-15(11-17)16(14)19;1-2-7-15-9-5-3-4-6-10(9)16-8-11(12,13)14;;/h5-6,9-10,16-17,20H,3-4,7-8,11-15,19H2,1-2H3;9-10,12H,3-8,18H2,1-2H3;3-6H,2,7-8H2,1H3;2*1H4/t20-;12-;;;/m01.../s1. The Hall–Kier alpha value is -5.80. The summed E-state index contributed by atoms with van der Waals surface area (Å²) in [6, 6.07) is 26.2. The number of hydrogen-bond donors (Lipinski definition) is 1. The molecule has 0 saturated carbocycles. The summed E-state index contributed by atoms with van der Waals surface area (Å²) < 4.78 is 93.7. The van der Waals surface area contributed by atoms with Gasteiger partial charge < -0.3 is 34.5 Å². The van der Waals surface area contributed by atoms with Crippen molar-refractivity contribution in [2.75, 3.05) is 62.4 Å². The van der Waals surface area contributed by atoms with Gasteiger partial charge in [-0.05, 0) is 129 Å². The molecule has 2 N–H and O–H groups in total. The summed E-state index contributed by atoms with van der Waals surface area (Å²) in [5, 5.41) is 19.1. The molecule has 0 unspecified atom stereocenters. The first-order valence-corrected chi connectivity index (χ1v) is 24.2. The fourth-order valence-corrected chi connectivity index (χ4v) is 8.33. The van der Waals surface area contributed by atoms with Crippen molar-refractivity contribution in [3.8, 4) is 35.1 Å². The quantitative estimate of drug-likeness (QED) is 0.0607. The van der Waals surface area contributed by atoms with E-state index in [1.165, 1.54) is 52.9 Å². The Morgan fingerprint density at radius 1 is 0.592 bits per heavy atom. The number of fused-ring (bicyclic) bond motifs is 2. The molecule has 0 radical (unpaired) electrons. The Kier molecular flexibility index (Phi) is 26.6. The van der Waals surface area contributed by atoms with Crippen molar-refractivity contribution in [1.82, 2.24) is 0 Å². The zero-order valence-corrected chi connectivity index (χ0v) is 40.8. The average Bonchev–Trinajstić information content (AvgIpc) is 3.93. The third kappa shape index (κ3) is 20.8. The summed E-state index contributed by atoms with van der Waals surface area (Å²) in [7, 11) is 0. The van der Waals surface area contributed by atoms with E-state index in [4.69, 9.17) is 19.9 Å². The second-order valence-corrected chi connectivity index (χ2v) is 17.7. The van der Waals surface area contributed by atoms with E-state index in [-0.39, 0.29) is 32.4 Å². The Bertz CT molecular complexity index is 2270. The molecular formula is C56H77F6N5O4. The van der Waals surface area contributed by atoms with Crippen LogP contribution in [-0.2, 0) is 25.7 Å². The number of alkyl halides is 6. The fraction of sp³-hybridized carbons (Fsp3) is 0.536. The van der Waals surface area contributed by atoms with Crippen LogP contribution in [0.1, 0.15) is 128 Å². The highest BCUT2D eigenvalue weighted by atomic mass is 19.4. The predicted molar refractivity (Wildman–Crippen MR) is 274 cm³/mol. The third-order valence-corrected chi connectivity index (χ3v) is 11.4. The first-order valence-electron chi connectivity index (χ1n) is 24.2. The van der Waals surface area contributed by atoms with Gasteiger partial charge in [0.05, 0.1) is 35.7 Å². The monoisotopic (exact) mass is 998 g/mol. The SMILES string of the molecule is C.C.CCCCN1CCc2cc(C[C@@H](C)CCCOc3ccccc3OCC(F)(F)F)cc(C#N)c21.CCCCN1CCc2cc(C[C@@H](C)N)cc(C#N)c21.CCCOc1ccccc1OCC(F)(F)F. The van der Waals surface area contributed by atoms with Gasteiger partial charge in [-0.15, -0.1) is 0 Å². The largest absolute Gasteiger partial charge is 0.490 e. The van der Waals surface area contributed by atoms with Gasteiger partial charge in [-0.1, -0.05) is 91.8 Å². The van der Waals surface area contributed by atoms with Crippen LogP contribution in [0.25, 0.3) is 0 Å². The molecule has 4 aromatic rings. The zero-order valence-electron chi connectivity index (χ0n) is 40.8. The van der Waals surface area contributed by atoms with Crippen LogP contribution in [0, 0.1) is 28.6 Å². The van der Waals surface area contributed by atoms with Crippen molar-refractivity contribution in [2.24, 2.45) is 11.7 Å². The van der Waals surface area contributed by atoms with Crippen molar-refractivity contribution < 1.29 is 45.3 Å². The van der Waals surface area contributed by atoms with Crippen molar-refractivity contribution in [3.63, 3.8) is 0 Å². The normalized spacial score (nSPS) is 13.3. The molecule has 2 aliphatic rings. The highest BCUT2D eigenvalue weighted by molar-refractivity contribution is 5.69. The van der Waals surface area contributed by atoms with Crippen LogP contribution >= 0.6 is 0 Å². The van der Waals surface area contributed by atoms with Crippen molar-refractivity contribution >= 4 is 11.4 Å². The maximum absolute atomic E-state index is 12.5. The number of para-hydroxylation sites is 4. The first kappa shape index (κ1) is 61.3. The summed E-state index contributed by atoms with van der Waals surface area (Å²) in [5.41, 5.74) is 14.7. The number of unbranched alkanes of at least 4 members (excludes halogenated alkanes) is 2. The molecule has 0 aliphatic carbocycles. The van der Waals surface area contributed by atoms with Crippen LogP contribution < -0.4 is 34.5 Å². The van der Waals surface area contributed by atoms with E-state index in [2.05, 4.69) is 59.6 Å². The highest BCUT2D eigenvalue weighted by Crippen LogP contribution is 2.36. The zero-order chi connectivity index (χ0) is 50.4. The second-order valence-electron chi connectivity index (χ2n) is 17.7. The van der Waals surface area contributed by atoms with Gasteiger partial charge in [0.15, 0.2) is 36.2 Å². The smallest absolute Gasteiger partial charge is 0.422 e. The van der Waals surface area contributed by atoms with Crippen molar-refractivity contribution in [2.45, 2.75) is 138 Å². The number of hydrogen-bond acceptors (Lipinski definition) is 9. The summed E-state index contributed by atoms with van der Waals surface area (Å²) in [6.07, 6.45) is 2.15. The number of anilines is 2. The Labute approximate surface area is 419 Å². The number of nitriles is 2. The molecule has 0 aromatic heterocycles.